The summed E-state index contributed by atoms with van der Waals surface area (Å²) in [4.78, 5) is 21.7. The molecule has 0 saturated heterocycles. The molecule has 4 atom stereocenters. The highest BCUT2D eigenvalue weighted by Gasteiger charge is 2.50. The lowest BCUT2D eigenvalue weighted by atomic mass is 9.53. The third kappa shape index (κ3) is 3.30. The van der Waals surface area contributed by atoms with E-state index in [1.54, 1.807) is 23.6 Å². The van der Waals surface area contributed by atoms with Gasteiger partial charge < -0.3 is 4.79 Å². The maximum Gasteiger partial charge on any atom is 0.155 e. The molecule has 4 rings (SSSR count). The van der Waals surface area contributed by atoms with Gasteiger partial charge in [0.2, 0.25) is 0 Å². The predicted molar refractivity (Wildman–Crippen MR) is 111 cm³/mol. The monoisotopic (exact) mass is 368 g/mol. The van der Waals surface area contributed by atoms with Crippen molar-refractivity contribution < 1.29 is 9.59 Å². The second-order valence-corrected chi connectivity index (χ2v) is 9.69. The van der Waals surface area contributed by atoms with Crippen LogP contribution >= 0.6 is 0 Å². The van der Waals surface area contributed by atoms with Gasteiger partial charge in [0.15, 0.2) is 5.78 Å². The highest BCUT2D eigenvalue weighted by molar-refractivity contribution is 5.92. The van der Waals surface area contributed by atoms with Gasteiger partial charge in [-0.25, -0.2) is 0 Å². The Morgan fingerprint density at radius 2 is 1.85 bits per heavy atom. The quantitative estimate of drug-likeness (QED) is 0.539. The number of rotatable bonds is 1. The summed E-state index contributed by atoms with van der Waals surface area (Å²) in [5, 5.41) is 0. The van der Waals surface area contributed by atoms with Gasteiger partial charge in [0.05, 0.1) is 0 Å². The van der Waals surface area contributed by atoms with Crippen LogP contribution in [0.5, 0.6) is 0 Å². The van der Waals surface area contributed by atoms with Gasteiger partial charge in [-0.2, -0.15) is 0 Å². The van der Waals surface area contributed by atoms with Crippen molar-refractivity contribution in [1.82, 2.24) is 0 Å². The first-order valence-electron chi connectivity index (χ1n) is 10.8. The summed E-state index contributed by atoms with van der Waals surface area (Å²) >= 11 is 0. The van der Waals surface area contributed by atoms with Crippen molar-refractivity contribution in [1.29, 1.82) is 0 Å². The summed E-state index contributed by atoms with van der Waals surface area (Å²) in [7, 11) is 0. The molecule has 0 spiro atoms. The molecule has 0 amide bonds. The summed E-state index contributed by atoms with van der Waals surface area (Å²) < 4.78 is 0. The van der Waals surface area contributed by atoms with E-state index < -0.39 is 0 Å². The highest BCUT2D eigenvalue weighted by Crippen LogP contribution is 2.63. The van der Waals surface area contributed by atoms with E-state index in [-0.39, 0.29) is 11.2 Å². The fourth-order valence-corrected chi connectivity index (χ4v) is 5.69. The number of Topliss-reactive ketones (excluding diaryl/α,β-unsaturated/α-hetero) is 1. The van der Waals surface area contributed by atoms with Gasteiger partial charge in [0.25, 0.3) is 0 Å². The molecule has 27 heavy (non-hydrogen) atoms. The minimum Gasteiger partial charge on any atom is -0.300 e. The summed E-state index contributed by atoms with van der Waals surface area (Å²) in [6, 6.07) is 0. The number of fused-ring (bicyclic) bond motifs is 4. The number of hydrogen-bond donors (Lipinski definition) is 0. The fraction of sp³-hybridized carbons (Fsp3) is 0.680. The van der Waals surface area contributed by atoms with E-state index in [2.05, 4.69) is 33.8 Å². The SMILES string of the molecule is CC1CC2=CC(=O)CCC2(C)C2=C1C1=CCC(C)C1(C)CC2.CCC(C)=O. The van der Waals surface area contributed by atoms with Crippen LogP contribution < -0.4 is 0 Å². The van der Waals surface area contributed by atoms with Crippen LogP contribution in [0.25, 0.3) is 0 Å². The van der Waals surface area contributed by atoms with Crippen molar-refractivity contribution in [2.75, 3.05) is 0 Å². The minimum absolute atomic E-state index is 0.170. The van der Waals surface area contributed by atoms with Gasteiger partial charge in [-0.3, -0.25) is 4.79 Å². The zero-order valence-corrected chi connectivity index (χ0v) is 18.1. The maximum absolute atomic E-state index is 11.9. The van der Waals surface area contributed by atoms with Crippen molar-refractivity contribution in [3.05, 3.63) is 34.4 Å². The van der Waals surface area contributed by atoms with E-state index in [0.29, 0.717) is 23.5 Å². The summed E-state index contributed by atoms with van der Waals surface area (Å²) in [6.45, 7) is 13.1. The molecule has 0 fully saturated rings. The van der Waals surface area contributed by atoms with Crippen LogP contribution in [0.1, 0.15) is 86.5 Å². The first-order valence-corrected chi connectivity index (χ1v) is 10.8. The van der Waals surface area contributed by atoms with Crippen LogP contribution in [-0.4, -0.2) is 11.6 Å². The van der Waals surface area contributed by atoms with Gasteiger partial charge in [-0.1, -0.05) is 51.8 Å². The largest absolute Gasteiger partial charge is 0.300 e. The fourth-order valence-electron chi connectivity index (χ4n) is 5.69. The Morgan fingerprint density at radius 3 is 2.48 bits per heavy atom. The third-order valence-corrected chi connectivity index (χ3v) is 7.99. The maximum atomic E-state index is 11.9. The van der Waals surface area contributed by atoms with E-state index in [1.807, 2.05) is 13.0 Å². The first-order chi connectivity index (χ1) is 12.6. The highest BCUT2D eigenvalue weighted by atomic mass is 16.1. The molecule has 0 N–H and O–H groups in total. The van der Waals surface area contributed by atoms with Gasteiger partial charge in [0, 0.05) is 18.3 Å². The molecule has 0 radical (unpaired) electrons. The van der Waals surface area contributed by atoms with E-state index in [9.17, 15) is 9.59 Å². The summed E-state index contributed by atoms with van der Waals surface area (Å²) in [6.07, 6.45) is 11.8. The molecule has 148 valence electrons. The molecule has 0 aliphatic heterocycles. The topological polar surface area (TPSA) is 34.1 Å². The number of carbonyl (C=O) groups excluding carboxylic acids is 2. The molecule has 2 heteroatoms. The van der Waals surface area contributed by atoms with E-state index in [4.69, 9.17) is 0 Å². The molecule has 4 aliphatic rings. The number of carbonyl (C=O) groups is 2. The summed E-state index contributed by atoms with van der Waals surface area (Å²) in [5.74, 6) is 1.96. The van der Waals surface area contributed by atoms with Crippen molar-refractivity contribution in [3.63, 3.8) is 0 Å². The molecule has 2 nitrogen and oxygen atoms in total. The Hall–Kier alpha value is -1.44. The predicted octanol–water partition coefficient (Wildman–Crippen LogP) is 6.37. The van der Waals surface area contributed by atoms with Crippen molar-refractivity contribution in [2.24, 2.45) is 22.7 Å². The van der Waals surface area contributed by atoms with Crippen molar-refractivity contribution >= 4 is 11.6 Å². The average Bonchev–Trinajstić information content (AvgIpc) is 2.92. The van der Waals surface area contributed by atoms with Crippen LogP contribution in [0.15, 0.2) is 34.4 Å². The first kappa shape index (κ1) is 20.3. The van der Waals surface area contributed by atoms with Crippen LogP contribution in [0, 0.1) is 22.7 Å². The van der Waals surface area contributed by atoms with Gasteiger partial charge in [-0.05, 0) is 73.5 Å². The van der Waals surface area contributed by atoms with Crippen LogP contribution in [-0.2, 0) is 9.59 Å². The second-order valence-electron chi connectivity index (χ2n) is 9.69. The van der Waals surface area contributed by atoms with Crippen LogP contribution in [0.2, 0.25) is 0 Å². The molecule has 4 aliphatic carbocycles. The Balaban J connectivity index is 0.000000376. The molecular weight excluding hydrogens is 332 g/mol. The van der Waals surface area contributed by atoms with Crippen LogP contribution in [0.3, 0.4) is 0 Å². The second kappa shape index (κ2) is 7.18. The van der Waals surface area contributed by atoms with E-state index in [0.717, 1.165) is 25.2 Å². The molecule has 0 aromatic heterocycles. The average molecular weight is 369 g/mol. The molecule has 0 saturated carbocycles. The van der Waals surface area contributed by atoms with E-state index >= 15 is 0 Å². The number of ketones is 2. The number of hydrogen-bond acceptors (Lipinski definition) is 2. The smallest absolute Gasteiger partial charge is 0.155 e. The third-order valence-electron chi connectivity index (χ3n) is 7.99. The molecule has 4 unspecified atom stereocenters. The number of allylic oxidation sites excluding steroid dienone is 6. The van der Waals surface area contributed by atoms with Gasteiger partial charge >= 0.3 is 0 Å². The van der Waals surface area contributed by atoms with Crippen molar-refractivity contribution in [3.8, 4) is 0 Å². The lowest BCUT2D eigenvalue weighted by molar-refractivity contribution is -0.117. The van der Waals surface area contributed by atoms with Crippen molar-refractivity contribution in [2.45, 2.75) is 86.5 Å². The molecule has 0 heterocycles. The Kier molecular flexibility index (Phi) is 5.40. The molecule has 0 aromatic carbocycles. The zero-order valence-electron chi connectivity index (χ0n) is 18.1. The standard InChI is InChI=1S/C21H28O.C4H8O/c1-13-11-15-12-16(22)7-9-21(15,4)18-8-10-20(3)14(2)5-6-17(20)19(13)18;1-3-4(2)5/h6,12-14H,5,7-11H2,1-4H3;3H2,1-2H3. The Bertz CT molecular complexity index is 750. The Labute approximate surface area is 165 Å². The van der Waals surface area contributed by atoms with E-state index in [1.165, 1.54) is 24.8 Å². The molecule has 0 bridgehead atoms. The lowest BCUT2D eigenvalue weighted by Gasteiger charge is -2.51. The van der Waals surface area contributed by atoms with Crippen LogP contribution in [0.4, 0.5) is 0 Å². The summed E-state index contributed by atoms with van der Waals surface area (Å²) in [5.41, 5.74) is 7.03. The molecule has 0 aromatic rings. The molecular formula is C25H36O2. The minimum atomic E-state index is 0.170. The van der Waals surface area contributed by atoms with Gasteiger partial charge in [-0.15, -0.1) is 0 Å². The normalized spacial score (nSPS) is 37.3. The zero-order chi connectivity index (χ0) is 20.0. The Morgan fingerprint density at radius 1 is 1.19 bits per heavy atom. The van der Waals surface area contributed by atoms with Gasteiger partial charge in [0.1, 0.15) is 5.78 Å². The lowest BCUT2D eigenvalue weighted by Crippen LogP contribution is -2.39.